The number of benzene rings is 16. The van der Waals surface area contributed by atoms with Gasteiger partial charge >= 0.3 is 0 Å². The summed E-state index contributed by atoms with van der Waals surface area (Å²) < 4.78 is 2.32. The lowest BCUT2D eigenvalue weighted by Gasteiger charge is -2.44. The second-order valence-electron chi connectivity index (χ2n) is 30.9. The normalized spacial score (nSPS) is 12.0. The van der Waals surface area contributed by atoms with Crippen molar-refractivity contribution in [3.63, 3.8) is 0 Å². The van der Waals surface area contributed by atoms with Gasteiger partial charge in [-0.2, -0.15) is 0 Å². The Balaban J connectivity index is 0.716. The van der Waals surface area contributed by atoms with Crippen molar-refractivity contribution in [1.29, 1.82) is 0 Å². The number of aromatic nitrogens is 12. The fourth-order valence-corrected chi connectivity index (χ4v) is 17.5. The number of fused-ring (bicyclic) bond motifs is 7. The quantitative estimate of drug-likeness (QED) is 0.0844. The predicted molar refractivity (Wildman–Crippen MR) is 501 cm³/mol. The monoisotopic (exact) mass is 1580 g/mol. The molecule has 124 heavy (non-hydrogen) atoms. The fourth-order valence-electron chi connectivity index (χ4n) is 17.5. The average molecular weight is 1590 g/mol. The molecule has 0 radical (unpaired) electrons. The van der Waals surface area contributed by atoms with Crippen LogP contribution < -0.4 is 26.2 Å². The molecule has 0 saturated carbocycles. The molecule has 0 N–H and O–H groups in total. The molecule has 0 aliphatic carbocycles. The number of para-hydroxylation sites is 3. The number of anilines is 6. The van der Waals surface area contributed by atoms with E-state index in [0.717, 1.165) is 134 Å². The minimum atomic E-state index is 0.0308. The Morgan fingerprint density at radius 1 is 0.177 bits per heavy atom. The molecule has 0 spiro atoms. The fraction of sp³-hybridized carbons (Fsp3) is 0. The Labute approximate surface area is 715 Å². The van der Waals surface area contributed by atoms with Crippen molar-refractivity contribution >= 4 is 79.0 Å². The molecule has 7 heterocycles. The molecule has 0 atom stereocenters. The van der Waals surface area contributed by atoms with Gasteiger partial charge in [0.1, 0.15) is 0 Å². The summed E-state index contributed by atoms with van der Waals surface area (Å²) in [5.74, 6) is 5.23. The molecule has 2 aliphatic heterocycles. The first-order valence-electron chi connectivity index (χ1n) is 41.4. The molecule has 0 unspecified atom stereocenters. The van der Waals surface area contributed by atoms with E-state index in [0.29, 0.717) is 63.8 Å². The zero-order chi connectivity index (χ0) is 82.0. The Morgan fingerprint density at radius 2 is 0.484 bits per heavy atom. The molecule has 16 aromatic carbocycles. The molecule has 23 rings (SSSR count). The first kappa shape index (κ1) is 72.3. The predicted octanol–water partition coefficient (Wildman–Crippen LogP) is 23.9. The van der Waals surface area contributed by atoms with Crippen LogP contribution in [-0.2, 0) is 0 Å². The summed E-state index contributed by atoms with van der Waals surface area (Å²) in [6.45, 7) is 0.0308. The Hall–Kier alpha value is -16.9. The summed E-state index contributed by atoms with van der Waals surface area (Å²) in [4.78, 5) is 63.7. The molecule has 21 aromatic rings. The number of nitrogens with zero attached hydrogens (tertiary/aromatic N) is 14. The minimum absolute atomic E-state index is 0.0308. The summed E-state index contributed by atoms with van der Waals surface area (Å²) in [6, 6.07) is 145. The molecule has 0 saturated heterocycles. The van der Waals surface area contributed by atoms with Crippen LogP contribution in [0.4, 0.5) is 34.1 Å². The van der Waals surface area contributed by atoms with Gasteiger partial charge in [0.2, 0.25) is 0 Å². The van der Waals surface area contributed by atoms with E-state index >= 15 is 0 Å². The smallest absolute Gasteiger partial charge is 0.252 e. The van der Waals surface area contributed by atoms with Crippen LogP contribution in [0.5, 0.6) is 0 Å². The van der Waals surface area contributed by atoms with E-state index in [1.54, 1.807) is 0 Å². The van der Waals surface area contributed by atoms with Gasteiger partial charge in [-0.05, 0) is 143 Å². The Bertz CT molecular complexity index is 7310. The van der Waals surface area contributed by atoms with E-state index in [9.17, 15) is 0 Å². The molecule has 15 heteroatoms. The summed E-state index contributed by atoms with van der Waals surface area (Å²) in [7, 11) is 0. The van der Waals surface area contributed by atoms with Crippen LogP contribution in [0, 0.1) is 0 Å². The number of hydrogen-bond acceptors (Lipinski definition) is 13. The van der Waals surface area contributed by atoms with Gasteiger partial charge in [0.05, 0.1) is 28.1 Å². The van der Waals surface area contributed by atoms with Gasteiger partial charge in [-0.1, -0.05) is 303 Å². The highest BCUT2D eigenvalue weighted by molar-refractivity contribution is 7.00. The highest BCUT2D eigenvalue weighted by Crippen LogP contribution is 2.47. The second-order valence-corrected chi connectivity index (χ2v) is 30.9. The topological polar surface area (TPSA) is 153 Å². The van der Waals surface area contributed by atoms with E-state index in [-0.39, 0.29) is 6.71 Å². The van der Waals surface area contributed by atoms with Crippen molar-refractivity contribution in [2.45, 2.75) is 0 Å². The van der Waals surface area contributed by atoms with Gasteiger partial charge in [0.25, 0.3) is 6.71 Å². The standard InChI is InChI=1S/C109H69BN14/c1-9-31-71(32-10-1)90-69-91(79-46-29-45-78(65-79)70-55-60-84(61-56-70)123-96-52-28-26-50-89(96)110-88-49-25-27-51-95(88)122(83-47-23-8-24-48-83)97-53-30-54-98(123)99(97)110)112-109(111-90)87-68-82(108-120-104(76-41-19-6-20-42-76)115-105(121-108)77-43-21-7-22-44-77)59-64-94(87)124-92-62-57-80(106-116-100(72-33-11-2-12-34-72)113-101(117-106)73-35-13-3-14-36-73)66-85(92)86-67-81(58-63-93(86)124)107-118-102(74-37-15-4-16-38-74)114-103(119-107)75-39-17-5-18-40-75/h1-69H. The number of rotatable bonds is 16. The van der Waals surface area contributed by atoms with Crippen molar-refractivity contribution < 1.29 is 0 Å². The van der Waals surface area contributed by atoms with E-state index in [1.807, 2.05) is 188 Å². The molecule has 578 valence electrons. The molecule has 14 nitrogen and oxygen atoms in total. The maximum Gasteiger partial charge on any atom is 0.252 e. The van der Waals surface area contributed by atoms with Crippen LogP contribution in [-0.4, -0.2) is 66.1 Å². The first-order chi connectivity index (χ1) is 61.4. The Morgan fingerprint density at radius 3 is 0.903 bits per heavy atom. The number of hydrogen-bond donors (Lipinski definition) is 0. The summed E-state index contributed by atoms with van der Waals surface area (Å²) in [5, 5.41) is 1.81. The van der Waals surface area contributed by atoms with Crippen molar-refractivity contribution in [3.8, 4) is 153 Å². The maximum absolute atomic E-state index is 5.82. The van der Waals surface area contributed by atoms with Crippen molar-refractivity contribution in [2.75, 3.05) is 9.80 Å². The average Bonchev–Trinajstić information content (AvgIpc) is 1.04. The lowest BCUT2D eigenvalue weighted by Crippen LogP contribution is -2.61. The zero-order valence-corrected chi connectivity index (χ0v) is 66.7. The second kappa shape index (κ2) is 30.8. The third-order valence-electron chi connectivity index (χ3n) is 23.4. The highest BCUT2D eigenvalue weighted by Gasteiger charge is 2.43. The SMILES string of the molecule is c1ccc(-c2cc(-c3cccc(-c4ccc(N5c6ccccc6B6c7ccccc7N(c7ccccc7)c7cccc5c76)cc4)c3)nc(-c3cc(-c4nc(-c5ccccc5)nc(-c5ccccc5)n4)ccc3-n3c4ccc(-c5nc(-c6ccccc6)nc(-c6ccccc6)n5)cc4c4cc(-c5nc(-c6ccccc6)nc(-c6ccccc6)n5)ccc43)n2)cc1. The van der Waals surface area contributed by atoms with Crippen LogP contribution in [0.25, 0.3) is 175 Å². The van der Waals surface area contributed by atoms with Crippen LogP contribution in [0.1, 0.15) is 0 Å². The lowest BCUT2D eigenvalue weighted by atomic mass is 9.33. The largest absolute Gasteiger partial charge is 0.311 e. The van der Waals surface area contributed by atoms with Crippen LogP contribution in [0.15, 0.2) is 419 Å². The van der Waals surface area contributed by atoms with Gasteiger partial charge < -0.3 is 14.4 Å². The maximum atomic E-state index is 5.82. The molecule has 0 fully saturated rings. The van der Waals surface area contributed by atoms with E-state index in [2.05, 4.69) is 245 Å². The van der Waals surface area contributed by atoms with Crippen LogP contribution in [0.2, 0.25) is 0 Å². The Kier molecular flexibility index (Phi) is 18.0. The van der Waals surface area contributed by atoms with Crippen molar-refractivity contribution in [2.24, 2.45) is 0 Å². The van der Waals surface area contributed by atoms with E-state index < -0.39 is 0 Å². The summed E-state index contributed by atoms with van der Waals surface area (Å²) in [5.41, 5.74) is 26.7. The highest BCUT2D eigenvalue weighted by atomic mass is 15.2. The third kappa shape index (κ3) is 13.2. The van der Waals surface area contributed by atoms with Gasteiger partial charge in [-0.3, -0.25) is 0 Å². The summed E-state index contributed by atoms with van der Waals surface area (Å²) >= 11 is 0. The van der Waals surface area contributed by atoms with Gasteiger partial charge in [-0.25, -0.2) is 54.8 Å². The third-order valence-corrected chi connectivity index (χ3v) is 23.4. The van der Waals surface area contributed by atoms with Crippen molar-refractivity contribution in [1.82, 2.24) is 59.4 Å². The summed E-state index contributed by atoms with van der Waals surface area (Å²) in [6.07, 6.45) is 0. The minimum Gasteiger partial charge on any atom is -0.311 e. The lowest BCUT2D eigenvalue weighted by molar-refractivity contribution is 1.07. The van der Waals surface area contributed by atoms with E-state index in [4.69, 9.17) is 54.8 Å². The molecule has 5 aromatic heterocycles. The molecule has 0 bridgehead atoms. The van der Waals surface area contributed by atoms with Crippen molar-refractivity contribution in [3.05, 3.63) is 419 Å². The zero-order valence-electron chi connectivity index (χ0n) is 66.7. The van der Waals surface area contributed by atoms with Crippen LogP contribution >= 0.6 is 0 Å². The first-order valence-corrected chi connectivity index (χ1v) is 41.4. The van der Waals surface area contributed by atoms with Gasteiger partial charge in [0.15, 0.2) is 58.2 Å². The van der Waals surface area contributed by atoms with E-state index in [1.165, 1.54) is 27.8 Å². The molecule has 0 amide bonds. The molecule has 2 aliphatic rings. The molecular weight excluding hydrogens is 1520 g/mol. The van der Waals surface area contributed by atoms with Gasteiger partial charge in [0, 0.05) is 112 Å². The van der Waals surface area contributed by atoms with Crippen LogP contribution in [0.3, 0.4) is 0 Å². The molecular formula is C109H69BN14. The van der Waals surface area contributed by atoms with Gasteiger partial charge in [-0.15, -0.1) is 0 Å².